The highest BCUT2D eigenvalue weighted by molar-refractivity contribution is 6.20. The van der Waals surface area contributed by atoms with Crippen molar-refractivity contribution in [3.63, 3.8) is 0 Å². The van der Waals surface area contributed by atoms with E-state index in [0.29, 0.717) is 5.82 Å². The van der Waals surface area contributed by atoms with E-state index in [1.165, 1.54) is 16.5 Å². The highest BCUT2D eigenvalue weighted by atomic mass is 16.3. The van der Waals surface area contributed by atoms with Crippen LogP contribution in [0, 0.1) is 0 Å². The summed E-state index contributed by atoms with van der Waals surface area (Å²) in [4.78, 5) is 10.3. The maximum Gasteiger partial charge on any atom is 0.160 e. The van der Waals surface area contributed by atoms with Crippen LogP contribution in [0.15, 0.2) is 150 Å². The van der Waals surface area contributed by atoms with Crippen molar-refractivity contribution in [1.82, 2.24) is 9.97 Å². The van der Waals surface area contributed by atoms with Crippen LogP contribution < -0.4 is 0 Å². The topological polar surface area (TPSA) is 38.9 Å². The molecule has 0 amide bonds. The molecule has 0 aliphatic rings. The second-order valence-corrected chi connectivity index (χ2v) is 11.0. The molecule has 0 atom stereocenters. The van der Waals surface area contributed by atoms with Crippen molar-refractivity contribution >= 4 is 54.4 Å². The number of rotatable bonds is 3. The summed E-state index contributed by atoms with van der Waals surface area (Å²) in [6, 6.07) is 50.8. The number of hydrogen-bond acceptors (Lipinski definition) is 3. The van der Waals surface area contributed by atoms with Gasteiger partial charge in [-0.3, -0.25) is 0 Å². The van der Waals surface area contributed by atoms with Crippen LogP contribution in [-0.4, -0.2) is 9.97 Å². The summed E-state index contributed by atoms with van der Waals surface area (Å²) in [5.41, 5.74) is 8.03. The van der Waals surface area contributed by atoms with Gasteiger partial charge in [0.15, 0.2) is 5.82 Å². The van der Waals surface area contributed by atoms with Gasteiger partial charge in [0.25, 0.3) is 0 Å². The predicted molar refractivity (Wildman–Crippen MR) is 178 cm³/mol. The second kappa shape index (κ2) is 9.37. The van der Waals surface area contributed by atoms with Crippen molar-refractivity contribution in [3.05, 3.63) is 146 Å². The Bertz CT molecular complexity index is 2510. The number of nitrogens with zero attached hydrogens (tertiary/aromatic N) is 2. The third-order valence-corrected chi connectivity index (χ3v) is 8.45. The van der Waals surface area contributed by atoms with Gasteiger partial charge in [-0.2, -0.15) is 0 Å². The molecule has 0 bridgehead atoms. The van der Waals surface area contributed by atoms with Crippen LogP contribution in [0.4, 0.5) is 0 Å². The first-order chi connectivity index (χ1) is 21.3. The van der Waals surface area contributed by atoms with Gasteiger partial charge in [-0.15, -0.1) is 0 Å². The summed E-state index contributed by atoms with van der Waals surface area (Å²) in [6.45, 7) is 0. The van der Waals surface area contributed by atoms with Gasteiger partial charge in [-0.1, -0.05) is 115 Å². The fourth-order valence-electron chi connectivity index (χ4n) is 6.36. The van der Waals surface area contributed by atoms with Gasteiger partial charge in [0.2, 0.25) is 0 Å². The van der Waals surface area contributed by atoms with Gasteiger partial charge in [0.05, 0.1) is 11.2 Å². The van der Waals surface area contributed by atoms with Crippen molar-refractivity contribution in [2.24, 2.45) is 0 Å². The molecule has 0 spiro atoms. The van der Waals surface area contributed by atoms with E-state index in [1.807, 2.05) is 24.3 Å². The molecule has 0 aliphatic heterocycles. The van der Waals surface area contributed by atoms with Crippen LogP contribution in [0.2, 0.25) is 0 Å². The number of furan rings is 1. The molecule has 2 heterocycles. The molecule has 9 aromatic rings. The van der Waals surface area contributed by atoms with Crippen LogP contribution in [0.3, 0.4) is 0 Å². The monoisotopic (exact) mass is 548 g/mol. The molecule has 0 radical (unpaired) electrons. The van der Waals surface area contributed by atoms with E-state index in [1.54, 1.807) is 0 Å². The number of fused-ring (bicyclic) bond motifs is 7. The maximum atomic E-state index is 6.50. The minimum absolute atomic E-state index is 0.705. The largest absolute Gasteiger partial charge is 0.455 e. The zero-order valence-electron chi connectivity index (χ0n) is 23.2. The van der Waals surface area contributed by atoms with E-state index < -0.39 is 0 Å². The summed E-state index contributed by atoms with van der Waals surface area (Å²) < 4.78 is 6.50. The van der Waals surface area contributed by atoms with Gasteiger partial charge in [-0.05, 0) is 57.6 Å². The minimum atomic E-state index is 0.705. The summed E-state index contributed by atoms with van der Waals surface area (Å²) in [6.07, 6.45) is 0. The van der Waals surface area contributed by atoms with Crippen molar-refractivity contribution in [3.8, 4) is 33.8 Å². The van der Waals surface area contributed by atoms with Gasteiger partial charge < -0.3 is 4.42 Å². The number of aromatic nitrogens is 2. The van der Waals surface area contributed by atoms with E-state index in [2.05, 4.69) is 121 Å². The lowest BCUT2D eigenvalue weighted by molar-refractivity contribution is 0.673. The molecular formula is C40H24N2O. The molecule has 3 nitrogen and oxygen atoms in total. The lowest BCUT2D eigenvalue weighted by Gasteiger charge is -2.12. The molecule has 43 heavy (non-hydrogen) atoms. The van der Waals surface area contributed by atoms with Crippen molar-refractivity contribution in [2.75, 3.05) is 0 Å². The van der Waals surface area contributed by atoms with Crippen LogP contribution in [-0.2, 0) is 0 Å². The summed E-state index contributed by atoms with van der Waals surface area (Å²) in [5, 5.41) is 7.77. The average molecular weight is 549 g/mol. The predicted octanol–water partition coefficient (Wildman–Crippen LogP) is 10.8. The van der Waals surface area contributed by atoms with Crippen molar-refractivity contribution in [1.29, 1.82) is 0 Å². The lowest BCUT2D eigenvalue weighted by Crippen LogP contribution is -1.96. The summed E-state index contributed by atoms with van der Waals surface area (Å²) >= 11 is 0. The quantitative estimate of drug-likeness (QED) is 0.220. The molecular weight excluding hydrogens is 524 g/mol. The number of para-hydroxylation sites is 2. The van der Waals surface area contributed by atoms with Gasteiger partial charge in [-0.25, -0.2) is 9.97 Å². The zero-order chi connectivity index (χ0) is 28.3. The van der Waals surface area contributed by atoms with Crippen molar-refractivity contribution < 1.29 is 4.42 Å². The van der Waals surface area contributed by atoms with Crippen LogP contribution in [0.1, 0.15) is 0 Å². The fraction of sp³-hybridized carbons (Fsp3) is 0. The molecule has 7 aromatic carbocycles. The Hall–Kier alpha value is -5.80. The Morgan fingerprint density at radius 3 is 2.05 bits per heavy atom. The standard InChI is InChI=1S/C40H24N2O/c1-2-9-25(10-3-1)27-17-18-29-24-30(20-19-28(29)23-27)40-41-35-15-6-4-13-33(35)38(42-40)34-14-8-11-26-21-22-32-31-12-5-7-16-36(31)43-39(32)37(26)34/h1-24H. The highest BCUT2D eigenvalue weighted by Gasteiger charge is 2.18. The fourth-order valence-corrected chi connectivity index (χ4v) is 6.36. The Balaban J connectivity index is 1.26. The van der Waals surface area contributed by atoms with Gasteiger partial charge in [0.1, 0.15) is 11.2 Å². The van der Waals surface area contributed by atoms with Crippen LogP contribution in [0.25, 0.3) is 88.2 Å². The minimum Gasteiger partial charge on any atom is -0.455 e. The molecule has 0 N–H and O–H groups in total. The van der Waals surface area contributed by atoms with Gasteiger partial charge in [0, 0.05) is 32.7 Å². The average Bonchev–Trinajstić information content (AvgIpc) is 3.46. The van der Waals surface area contributed by atoms with E-state index in [-0.39, 0.29) is 0 Å². The third kappa shape index (κ3) is 3.83. The van der Waals surface area contributed by atoms with E-state index >= 15 is 0 Å². The van der Waals surface area contributed by atoms with E-state index in [0.717, 1.165) is 65.8 Å². The van der Waals surface area contributed by atoms with Crippen LogP contribution in [0.5, 0.6) is 0 Å². The smallest absolute Gasteiger partial charge is 0.160 e. The summed E-state index contributed by atoms with van der Waals surface area (Å²) in [5.74, 6) is 0.705. The SMILES string of the molecule is c1ccc(-c2ccc3cc(-c4nc(-c5cccc6ccc7c8ccccc8oc7c56)c5ccccc5n4)ccc3c2)cc1. The Kier molecular flexibility index (Phi) is 5.20. The molecule has 0 saturated heterocycles. The first-order valence-electron chi connectivity index (χ1n) is 14.5. The van der Waals surface area contributed by atoms with E-state index in [9.17, 15) is 0 Å². The molecule has 3 heteroatoms. The first-order valence-corrected chi connectivity index (χ1v) is 14.5. The van der Waals surface area contributed by atoms with Gasteiger partial charge >= 0.3 is 0 Å². The third-order valence-electron chi connectivity index (χ3n) is 8.45. The Morgan fingerprint density at radius 2 is 1.16 bits per heavy atom. The lowest BCUT2D eigenvalue weighted by atomic mass is 9.97. The first kappa shape index (κ1) is 23.9. The normalized spacial score (nSPS) is 11.7. The molecule has 0 fully saturated rings. The molecule has 2 aromatic heterocycles. The number of benzene rings is 7. The molecule has 200 valence electrons. The molecule has 0 unspecified atom stereocenters. The maximum absolute atomic E-state index is 6.50. The zero-order valence-corrected chi connectivity index (χ0v) is 23.2. The van der Waals surface area contributed by atoms with E-state index in [4.69, 9.17) is 14.4 Å². The van der Waals surface area contributed by atoms with Crippen LogP contribution >= 0.6 is 0 Å². The molecule has 0 aliphatic carbocycles. The second-order valence-electron chi connectivity index (χ2n) is 11.0. The number of hydrogen-bond donors (Lipinski definition) is 0. The Morgan fingerprint density at radius 1 is 0.442 bits per heavy atom. The molecule has 0 saturated carbocycles. The highest BCUT2D eigenvalue weighted by Crippen LogP contribution is 2.40. The Labute approximate surface area is 247 Å². The van der Waals surface area contributed by atoms with Crippen molar-refractivity contribution in [2.45, 2.75) is 0 Å². The summed E-state index contributed by atoms with van der Waals surface area (Å²) in [7, 11) is 0. The molecule has 9 rings (SSSR count).